The number of hydrogen-bond acceptors (Lipinski definition) is 4. The van der Waals surface area contributed by atoms with Gasteiger partial charge in [-0.05, 0) is 86.1 Å². The molecule has 2 N–H and O–H groups in total. The number of nitrogens with zero attached hydrogens (tertiary/aromatic N) is 1. The fourth-order valence-corrected chi connectivity index (χ4v) is 5.75. The Kier molecular flexibility index (Phi) is 7.97. The zero-order valence-corrected chi connectivity index (χ0v) is 22.3. The Morgan fingerprint density at radius 2 is 1.61 bits per heavy atom. The molecular weight excluding hydrogens is 552 g/mol. The van der Waals surface area contributed by atoms with Crippen molar-refractivity contribution in [2.45, 2.75) is 57.4 Å². The lowest BCUT2D eigenvalue weighted by atomic mass is 9.73. The second kappa shape index (κ2) is 11.2. The molecule has 2 aliphatic heterocycles. The van der Waals surface area contributed by atoms with E-state index < -0.39 is 35.4 Å². The van der Waals surface area contributed by atoms with Crippen LogP contribution in [0.15, 0.2) is 36.4 Å². The smallest absolute Gasteiger partial charge is 0.416 e. The molecule has 1 saturated carbocycles. The van der Waals surface area contributed by atoms with E-state index in [9.17, 15) is 35.9 Å². The van der Waals surface area contributed by atoms with Crippen molar-refractivity contribution >= 4 is 17.5 Å². The normalized spacial score (nSPS) is 18.7. The van der Waals surface area contributed by atoms with Gasteiger partial charge in [0.1, 0.15) is 5.75 Å². The zero-order valence-electron chi connectivity index (χ0n) is 22.3. The lowest BCUT2D eigenvalue weighted by molar-refractivity contribution is -0.145. The van der Waals surface area contributed by atoms with Crippen LogP contribution in [0.25, 0.3) is 0 Å². The number of ether oxygens (including phenoxy) is 1. The van der Waals surface area contributed by atoms with E-state index in [0.717, 1.165) is 18.4 Å². The number of carbonyl (C=O) groups excluding carboxylic acids is 2. The molecule has 12 heteroatoms. The van der Waals surface area contributed by atoms with Crippen LogP contribution >= 0.6 is 0 Å². The van der Waals surface area contributed by atoms with Crippen LogP contribution in [0, 0.1) is 11.3 Å². The van der Waals surface area contributed by atoms with Crippen LogP contribution in [0.3, 0.4) is 0 Å². The highest BCUT2D eigenvalue weighted by Crippen LogP contribution is 2.46. The molecule has 3 aliphatic rings. The Morgan fingerprint density at radius 3 is 2.22 bits per heavy atom. The lowest BCUT2D eigenvalue weighted by Gasteiger charge is -2.40. The van der Waals surface area contributed by atoms with Crippen LogP contribution in [0.5, 0.6) is 5.75 Å². The molecule has 0 radical (unpaired) electrons. The van der Waals surface area contributed by atoms with Crippen molar-refractivity contribution in [3.63, 3.8) is 0 Å². The fraction of sp³-hybridized carbons (Fsp3) is 0.517. The summed E-state index contributed by atoms with van der Waals surface area (Å²) in [5, 5.41) is 5.96. The highest BCUT2D eigenvalue weighted by molar-refractivity contribution is 5.95. The SMILES string of the molecule is O=C1COc2ccc(CCN(Cc3cc(C(F)(F)F)cc(C(F)(F)F)c3)C(=O)C3(CC4CC4)CCNCC3)cc2N1. The summed E-state index contributed by atoms with van der Waals surface area (Å²) in [4.78, 5) is 27.4. The first kappa shape index (κ1) is 29.2. The molecule has 222 valence electrons. The summed E-state index contributed by atoms with van der Waals surface area (Å²) in [6.45, 7) is 0.793. The maximum atomic E-state index is 14.2. The van der Waals surface area contributed by atoms with Gasteiger partial charge in [0.25, 0.3) is 5.91 Å². The minimum absolute atomic E-state index is 0.0733. The largest absolute Gasteiger partial charge is 0.482 e. The number of piperidine rings is 1. The van der Waals surface area contributed by atoms with Gasteiger partial charge in [0.15, 0.2) is 6.61 Å². The second-order valence-corrected chi connectivity index (χ2v) is 11.2. The van der Waals surface area contributed by atoms with E-state index in [-0.39, 0.29) is 43.0 Å². The molecule has 6 nitrogen and oxygen atoms in total. The third-order valence-corrected chi connectivity index (χ3v) is 8.05. The minimum atomic E-state index is -4.98. The van der Waals surface area contributed by atoms with Gasteiger partial charge in [0.05, 0.1) is 22.2 Å². The first-order chi connectivity index (χ1) is 19.3. The molecule has 0 spiro atoms. The summed E-state index contributed by atoms with van der Waals surface area (Å²) < 4.78 is 86.8. The predicted octanol–water partition coefficient (Wildman–Crippen LogP) is 5.80. The number of fused-ring (bicyclic) bond motifs is 1. The standard InChI is InChI=1S/C29H31F6N3O3/c30-28(31,32)21-11-20(12-22(14-21)29(33,34)35)16-38(26(40)27(15-19-1-2-19)6-8-36-9-7-27)10-5-18-3-4-24-23(13-18)37-25(39)17-41-24/h3-4,11-14,19,36H,1-2,5-10,15-17H2,(H,37,39). The molecule has 0 bridgehead atoms. The summed E-state index contributed by atoms with van der Waals surface area (Å²) in [7, 11) is 0. The zero-order chi connectivity index (χ0) is 29.4. The highest BCUT2D eigenvalue weighted by atomic mass is 19.4. The van der Waals surface area contributed by atoms with E-state index in [1.54, 1.807) is 18.2 Å². The van der Waals surface area contributed by atoms with Crippen LogP contribution in [-0.2, 0) is 34.9 Å². The topological polar surface area (TPSA) is 70.7 Å². The Hall–Kier alpha value is -3.28. The third-order valence-electron chi connectivity index (χ3n) is 8.05. The van der Waals surface area contributed by atoms with Crippen molar-refractivity contribution in [1.29, 1.82) is 0 Å². The summed E-state index contributed by atoms with van der Waals surface area (Å²) >= 11 is 0. The lowest BCUT2D eigenvalue weighted by Crippen LogP contribution is -2.50. The van der Waals surface area contributed by atoms with Gasteiger partial charge in [-0.15, -0.1) is 0 Å². The third kappa shape index (κ3) is 6.97. The van der Waals surface area contributed by atoms with Crippen LogP contribution in [-0.4, -0.2) is 43.0 Å². The quantitative estimate of drug-likeness (QED) is 0.386. The fourth-order valence-electron chi connectivity index (χ4n) is 5.75. The molecule has 2 fully saturated rings. The summed E-state index contributed by atoms with van der Waals surface area (Å²) in [6.07, 6.45) is -5.91. The molecule has 2 amide bonds. The van der Waals surface area contributed by atoms with E-state index in [0.29, 0.717) is 61.8 Å². The van der Waals surface area contributed by atoms with Crippen molar-refractivity contribution < 1.29 is 40.7 Å². The second-order valence-electron chi connectivity index (χ2n) is 11.2. The molecule has 2 aromatic rings. The molecule has 2 aromatic carbocycles. The first-order valence-electron chi connectivity index (χ1n) is 13.7. The summed E-state index contributed by atoms with van der Waals surface area (Å²) in [5.74, 6) is 0.326. The highest BCUT2D eigenvalue weighted by Gasteiger charge is 2.46. The molecule has 1 saturated heterocycles. The van der Waals surface area contributed by atoms with E-state index in [1.807, 2.05) is 0 Å². The van der Waals surface area contributed by atoms with Gasteiger partial charge in [-0.25, -0.2) is 0 Å². The molecule has 41 heavy (non-hydrogen) atoms. The Balaban J connectivity index is 1.46. The van der Waals surface area contributed by atoms with Crippen molar-refractivity contribution in [3.05, 3.63) is 58.7 Å². The van der Waals surface area contributed by atoms with Crippen LogP contribution in [0.4, 0.5) is 32.0 Å². The Labute approximate surface area is 233 Å². The van der Waals surface area contributed by atoms with Gasteiger partial charge in [-0.3, -0.25) is 9.59 Å². The molecule has 0 atom stereocenters. The van der Waals surface area contributed by atoms with Gasteiger partial charge in [0, 0.05) is 13.1 Å². The van der Waals surface area contributed by atoms with E-state index in [4.69, 9.17) is 4.74 Å². The number of nitrogens with one attached hydrogen (secondary N) is 2. The number of carbonyl (C=O) groups is 2. The van der Waals surface area contributed by atoms with Crippen LogP contribution < -0.4 is 15.4 Å². The van der Waals surface area contributed by atoms with Gasteiger partial charge < -0.3 is 20.3 Å². The average Bonchev–Trinajstić information content (AvgIpc) is 3.73. The van der Waals surface area contributed by atoms with Gasteiger partial charge in [-0.1, -0.05) is 18.9 Å². The Bertz CT molecular complexity index is 1270. The molecule has 0 aromatic heterocycles. The maximum absolute atomic E-state index is 14.2. The molecule has 1 aliphatic carbocycles. The molecule has 0 unspecified atom stereocenters. The number of anilines is 1. The Morgan fingerprint density at radius 1 is 0.951 bits per heavy atom. The number of hydrogen-bond donors (Lipinski definition) is 2. The maximum Gasteiger partial charge on any atom is 0.416 e. The number of halogens is 6. The van der Waals surface area contributed by atoms with E-state index in [2.05, 4.69) is 10.6 Å². The van der Waals surface area contributed by atoms with Crippen LogP contribution in [0.2, 0.25) is 0 Å². The number of alkyl halides is 6. The summed E-state index contributed by atoms with van der Waals surface area (Å²) in [5.41, 5.74) is -2.58. The van der Waals surface area contributed by atoms with Crippen molar-refractivity contribution in [2.24, 2.45) is 11.3 Å². The molecular formula is C29H31F6N3O3. The van der Waals surface area contributed by atoms with Gasteiger partial charge in [0.2, 0.25) is 5.91 Å². The predicted molar refractivity (Wildman–Crippen MR) is 138 cm³/mol. The first-order valence-corrected chi connectivity index (χ1v) is 13.7. The van der Waals surface area contributed by atoms with E-state index >= 15 is 0 Å². The minimum Gasteiger partial charge on any atom is -0.482 e. The van der Waals surface area contributed by atoms with Gasteiger partial charge >= 0.3 is 12.4 Å². The summed E-state index contributed by atoms with van der Waals surface area (Å²) in [6, 6.07) is 6.62. The van der Waals surface area contributed by atoms with Gasteiger partial charge in [-0.2, -0.15) is 26.3 Å². The molecule has 2 heterocycles. The van der Waals surface area contributed by atoms with Crippen molar-refractivity contribution in [3.8, 4) is 5.75 Å². The van der Waals surface area contributed by atoms with Crippen molar-refractivity contribution in [2.75, 3.05) is 31.6 Å². The van der Waals surface area contributed by atoms with E-state index in [1.165, 1.54) is 4.90 Å². The van der Waals surface area contributed by atoms with Crippen molar-refractivity contribution in [1.82, 2.24) is 10.2 Å². The average molecular weight is 584 g/mol. The van der Waals surface area contributed by atoms with Crippen LogP contribution in [0.1, 0.15) is 54.4 Å². The molecule has 5 rings (SSSR count). The number of rotatable bonds is 8. The number of amides is 2. The number of benzene rings is 2. The monoisotopic (exact) mass is 583 g/mol.